The van der Waals surface area contributed by atoms with Crippen LogP contribution < -0.4 is 0 Å². The van der Waals surface area contributed by atoms with E-state index in [-0.39, 0.29) is 17.7 Å². The fourth-order valence-electron chi connectivity index (χ4n) is 4.40. The Balaban J connectivity index is 2.13. The minimum absolute atomic E-state index is 0.107. The van der Waals surface area contributed by atoms with Crippen molar-refractivity contribution in [1.82, 2.24) is 14.4 Å². The van der Waals surface area contributed by atoms with Gasteiger partial charge in [-0.15, -0.1) is 0 Å². The van der Waals surface area contributed by atoms with Crippen LogP contribution in [-0.4, -0.2) is 58.9 Å². The summed E-state index contributed by atoms with van der Waals surface area (Å²) in [6.07, 6.45) is 0. The van der Waals surface area contributed by atoms with Gasteiger partial charge in [0.15, 0.2) is 0 Å². The second kappa shape index (κ2) is 9.38. The number of carbonyl (C=O) groups excluding carboxylic acids is 4. The molecule has 1 saturated heterocycles. The van der Waals surface area contributed by atoms with Gasteiger partial charge in [-0.1, -0.05) is 41.9 Å². The Morgan fingerprint density at radius 1 is 0.943 bits per heavy atom. The molecule has 1 aliphatic rings. The van der Waals surface area contributed by atoms with Crippen LogP contribution in [-0.2, 0) is 14.3 Å². The summed E-state index contributed by atoms with van der Waals surface area (Å²) in [5.41, 5.74) is 2.64. The van der Waals surface area contributed by atoms with Gasteiger partial charge in [0.25, 0.3) is 0 Å². The number of likely N-dealkylation sites (N-methyl/N-ethyl adjacent to an activating group) is 2. The average molecular weight is 494 g/mol. The van der Waals surface area contributed by atoms with Crippen LogP contribution in [0.1, 0.15) is 34.5 Å². The third-order valence-electron chi connectivity index (χ3n) is 6.07. The molecule has 1 aromatic heterocycles. The number of urea groups is 1. The maximum absolute atomic E-state index is 13.4. The second-order valence-corrected chi connectivity index (χ2v) is 8.57. The van der Waals surface area contributed by atoms with E-state index in [1.807, 2.05) is 34.9 Å². The molecule has 1 aliphatic heterocycles. The van der Waals surface area contributed by atoms with Gasteiger partial charge >= 0.3 is 12.0 Å². The first-order chi connectivity index (χ1) is 16.7. The van der Waals surface area contributed by atoms with Gasteiger partial charge in [-0.3, -0.25) is 19.4 Å². The largest absolute Gasteiger partial charge is 0.462 e. The standard InChI is InChI=1S/C26H24ClN3O5/c1-5-35-25(33)19-15(2)30(18-13-11-17(27)12-14-18)22(16-9-7-6-8-10-16)20(19)21-23(31)28(3)26(34)29(4)24(21)32/h6-14,21H,5H2,1-4H3. The summed E-state index contributed by atoms with van der Waals surface area (Å²) in [6, 6.07) is 15.4. The quantitative estimate of drug-likeness (QED) is 0.388. The SMILES string of the molecule is CCOC(=O)c1c(C2C(=O)N(C)C(=O)N(C)C2=O)c(-c2ccccc2)n(-c2ccc(Cl)cc2)c1C. The van der Waals surface area contributed by atoms with Crippen LogP contribution in [0.5, 0.6) is 0 Å². The van der Waals surface area contributed by atoms with Crippen LogP contribution in [0.2, 0.25) is 5.02 Å². The van der Waals surface area contributed by atoms with Crippen LogP contribution in [0, 0.1) is 6.92 Å². The Morgan fingerprint density at radius 2 is 1.51 bits per heavy atom. The third kappa shape index (κ3) is 4.00. The number of aromatic nitrogens is 1. The van der Waals surface area contributed by atoms with Crippen LogP contribution in [0.25, 0.3) is 16.9 Å². The molecule has 0 unspecified atom stereocenters. The van der Waals surface area contributed by atoms with E-state index in [4.69, 9.17) is 16.3 Å². The predicted molar refractivity (Wildman–Crippen MR) is 131 cm³/mol. The number of nitrogens with zero attached hydrogens (tertiary/aromatic N) is 3. The van der Waals surface area contributed by atoms with Crippen molar-refractivity contribution in [2.75, 3.05) is 20.7 Å². The van der Waals surface area contributed by atoms with Crippen molar-refractivity contribution in [3.8, 4) is 16.9 Å². The number of hydrogen-bond donors (Lipinski definition) is 0. The van der Waals surface area contributed by atoms with Gasteiger partial charge in [0.05, 0.1) is 17.9 Å². The highest BCUT2D eigenvalue weighted by molar-refractivity contribution is 6.30. The number of barbiturate groups is 1. The van der Waals surface area contributed by atoms with Crippen LogP contribution in [0.15, 0.2) is 54.6 Å². The molecule has 35 heavy (non-hydrogen) atoms. The molecule has 9 heteroatoms. The molecule has 2 aromatic carbocycles. The number of carbonyl (C=O) groups is 4. The fraction of sp³-hybridized carbons (Fsp3) is 0.231. The van der Waals surface area contributed by atoms with Crippen LogP contribution >= 0.6 is 11.6 Å². The van der Waals surface area contributed by atoms with Crippen molar-refractivity contribution in [3.63, 3.8) is 0 Å². The van der Waals surface area contributed by atoms with E-state index < -0.39 is 29.7 Å². The topological polar surface area (TPSA) is 88.9 Å². The van der Waals surface area contributed by atoms with Crippen molar-refractivity contribution >= 4 is 35.4 Å². The maximum Gasteiger partial charge on any atom is 0.340 e. The van der Waals surface area contributed by atoms with Gasteiger partial charge in [-0.05, 0) is 43.7 Å². The molecule has 0 N–H and O–H groups in total. The summed E-state index contributed by atoms with van der Waals surface area (Å²) in [5.74, 6) is -3.50. The molecule has 0 atom stereocenters. The highest BCUT2D eigenvalue weighted by atomic mass is 35.5. The molecule has 0 aliphatic carbocycles. The Bertz CT molecular complexity index is 1310. The fourth-order valence-corrected chi connectivity index (χ4v) is 4.53. The molecular formula is C26H24ClN3O5. The van der Waals surface area contributed by atoms with Crippen molar-refractivity contribution < 1.29 is 23.9 Å². The van der Waals surface area contributed by atoms with Gasteiger partial charge in [-0.25, -0.2) is 9.59 Å². The zero-order chi connectivity index (χ0) is 25.4. The Hall–Kier alpha value is -3.91. The number of halogens is 1. The molecule has 8 nitrogen and oxygen atoms in total. The van der Waals surface area contributed by atoms with Gasteiger partial charge < -0.3 is 9.30 Å². The zero-order valence-corrected chi connectivity index (χ0v) is 20.5. The molecule has 0 spiro atoms. The minimum atomic E-state index is -1.41. The van der Waals surface area contributed by atoms with Crippen molar-refractivity contribution in [2.45, 2.75) is 19.8 Å². The van der Waals surface area contributed by atoms with E-state index >= 15 is 0 Å². The summed E-state index contributed by atoms with van der Waals surface area (Å²) in [4.78, 5) is 54.3. The Labute approximate surface area is 207 Å². The Kier molecular flexibility index (Phi) is 6.49. The highest BCUT2D eigenvalue weighted by Crippen LogP contribution is 2.41. The van der Waals surface area contributed by atoms with Crippen LogP contribution in [0.3, 0.4) is 0 Å². The molecular weight excluding hydrogens is 470 g/mol. The number of hydrogen-bond acceptors (Lipinski definition) is 5. The van der Waals surface area contributed by atoms with Gasteiger partial charge in [0, 0.05) is 36.1 Å². The van der Waals surface area contributed by atoms with E-state index in [1.54, 1.807) is 38.1 Å². The summed E-state index contributed by atoms with van der Waals surface area (Å²) >= 11 is 6.11. The molecule has 2 heterocycles. The summed E-state index contributed by atoms with van der Waals surface area (Å²) in [7, 11) is 2.63. The monoisotopic (exact) mass is 493 g/mol. The zero-order valence-electron chi connectivity index (χ0n) is 19.7. The molecule has 4 rings (SSSR count). The van der Waals surface area contributed by atoms with Crippen molar-refractivity contribution in [1.29, 1.82) is 0 Å². The maximum atomic E-state index is 13.4. The number of imide groups is 2. The first kappa shape index (κ1) is 24.2. The molecule has 180 valence electrons. The van der Waals surface area contributed by atoms with E-state index in [1.165, 1.54) is 14.1 Å². The number of ether oxygens (including phenoxy) is 1. The summed E-state index contributed by atoms with van der Waals surface area (Å²) in [5, 5.41) is 0.532. The molecule has 3 aromatic rings. The summed E-state index contributed by atoms with van der Waals surface area (Å²) < 4.78 is 7.16. The number of amides is 4. The first-order valence-corrected chi connectivity index (χ1v) is 11.4. The second-order valence-electron chi connectivity index (χ2n) is 8.13. The average Bonchev–Trinajstić information content (AvgIpc) is 3.15. The molecule has 0 saturated carbocycles. The van der Waals surface area contributed by atoms with Gasteiger partial charge in [0.1, 0.15) is 5.92 Å². The highest BCUT2D eigenvalue weighted by Gasteiger charge is 2.47. The smallest absolute Gasteiger partial charge is 0.340 e. The first-order valence-electron chi connectivity index (χ1n) is 11.0. The van der Waals surface area contributed by atoms with E-state index in [9.17, 15) is 19.2 Å². The van der Waals surface area contributed by atoms with E-state index in [0.29, 0.717) is 27.7 Å². The number of esters is 1. The lowest BCUT2D eigenvalue weighted by molar-refractivity contribution is -0.143. The van der Waals surface area contributed by atoms with Gasteiger partial charge in [0.2, 0.25) is 11.8 Å². The normalized spacial score (nSPS) is 14.6. The minimum Gasteiger partial charge on any atom is -0.462 e. The molecule has 0 radical (unpaired) electrons. The summed E-state index contributed by atoms with van der Waals surface area (Å²) in [6.45, 7) is 3.51. The Morgan fingerprint density at radius 3 is 2.06 bits per heavy atom. The molecule has 4 amide bonds. The molecule has 0 bridgehead atoms. The lowest BCUT2D eigenvalue weighted by Gasteiger charge is -2.33. The lowest BCUT2D eigenvalue weighted by Crippen LogP contribution is -2.56. The van der Waals surface area contributed by atoms with Crippen molar-refractivity contribution in [3.05, 3.63) is 76.4 Å². The van der Waals surface area contributed by atoms with Crippen molar-refractivity contribution in [2.24, 2.45) is 0 Å². The number of benzene rings is 2. The predicted octanol–water partition coefficient (Wildman–Crippen LogP) is 4.42. The van der Waals surface area contributed by atoms with Gasteiger partial charge in [-0.2, -0.15) is 0 Å². The lowest BCUT2D eigenvalue weighted by atomic mass is 9.88. The van der Waals surface area contributed by atoms with Crippen LogP contribution in [0.4, 0.5) is 4.79 Å². The number of rotatable bonds is 5. The molecule has 1 fully saturated rings. The van der Waals surface area contributed by atoms with E-state index in [0.717, 1.165) is 9.80 Å². The van der Waals surface area contributed by atoms with E-state index in [2.05, 4.69) is 0 Å². The third-order valence-corrected chi connectivity index (χ3v) is 6.33.